The maximum atomic E-state index is 13.0. The molecule has 12 heteroatoms. The normalized spacial score (nSPS) is 11.3. The van der Waals surface area contributed by atoms with Gasteiger partial charge in [0, 0.05) is 31.5 Å². The molecule has 1 atom stereocenters. The van der Waals surface area contributed by atoms with E-state index < -0.39 is 18.0 Å². The standard InChI is InChI=1S/C23H25N7O4S/c1-16(11-20(31)32)28-22(34)30(14-18-5-3-17(12-24)4-6-18)23-27-13-19(35-23)21(33)26-7-2-9-29-10-8-25-15-29/h3-6,8,10,13,15-16H,2,7,9,11,14H2,1H3,(H,26,33)(H,28,34)(H,31,32). The topological polar surface area (TPSA) is 153 Å². The molecule has 0 spiro atoms. The number of carbonyl (C=O) groups is 3. The summed E-state index contributed by atoms with van der Waals surface area (Å²) in [6.07, 6.45) is 7.15. The van der Waals surface area contributed by atoms with Crippen LogP contribution in [-0.4, -0.2) is 50.1 Å². The maximum Gasteiger partial charge on any atom is 0.324 e. The number of nitriles is 1. The Morgan fingerprint density at radius 2 is 2.06 bits per heavy atom. The minimum absolute atomic E-state index is 0.122. The van der Waals surface area contributed by atoms with Crippen molar-refractivity contribution in [3.8, 4) is 6.07 Å². The Morgan fingerprint density at radius 3 is 2.71 bits per heavy atom. The van der Waals surface area contributed by atoms with Crippen LogP contribution in [0.1, 0.15) is 40.6 Å². The predicted octanol–water partition coefficient (Wildman–Crippen LogP) is 2.61. The van der Waals surface area contributed by atoms with Crippen LogP contribution >= 0.6 is 11.3 Å². The van der Waals surface area contributed by atoms with Gasteiger partial charge in [-0.1, -0.05) is 23.5 Å². The van der Waals surface area contributed by atoms with E-state index in [2.05, 4.69) is 20.6 Å². The van der Waals surface area contributed by atoms with Gasteiger partial charge in [-0.3, -0.25) is 14.5 Å². The molecule has 3 amide bonds. The summed E-state index contributed by atoms with van der Waals surface area (Å²) in [6.45, 7) is 2.90. The Labute approximate surface area is 206 Å². The quantitative estimate of drug-likeness (QED) is 0.346. The fourth-order valence-electron chi connectivity index (χ4n) is 3.16. The van der Waals surface area contributed by atoms with Crippen molar-refractivity contribution >= 4 is 34.4 Å². The van der Waals surface area contributed by atoms with Crippen LogP contribution in [0.4, 0.5) is 9.93 Å². The third kappa shape index (κ3) is 7.65. The molecule has 0 saturated carbocycles. The Morgan fingerprint density at radius 1 is 1.29 bits per heavy atom. The lowest BCUT2D eigenvalue weighted by Gasteiger charge is -2.22. The molecule has 3 aromatic rings. The van der Waals surface area contributed by atoms with E-state index in [0.29, 0.717) is 17.0 Å². The molecule has 0 aliphatic rings. The van der Waals surface area contributed by atoms with Crippen molar-refractivity contribution in [3.05, 3.63) is 65.2 Å². The first kappa shape index (κ1) is 25.4. The number of anilines is 1. The first-order valence-electron chi connectivity index (χ1n) is 10.8. The number of aromatic nitrogens is 3. The van der Waals surface area contributed by atoms with Crippen molar-refractivity contribution < 1.29 is 19.5 Å². The van der Waals surface area contributed by atoms with Crippen molar-refractivity contribution in [2.45, 2.75) is 38.9 Å². The number of nitrogens with zero attached hydrogens (tertiary/aromatic N) is 5. The molecule has 0 bridgehead atoms. The first-order valence-corrected chi connectivity index (χ1v) is 11.7. The van der Waals surface area contributed by atoms with E-state index in [4.69, 9.17) is 10.4 Å². The lowest BCUT2D eigenvalue weighted by atomic mass is 10.1. The molecular weight excluding hydrogens is 470 g/mol. The number of hydrogen-bond donors (Lipinski definition) is 3. The summed E-state index contributed by atoms with van der Waals surface area (Å²) in [6, 6.07) is 7.63. The van der Waals surface area contributed by atoms with Crippen LogP contribution in [0.25, 0.3) is 0 Å². The molecule has 2 aromatic heterocycles. The number of amides is 3. The van der Waals surface area contributed by atoms with Crippen molar-refractivity contribution in [3.63, 3.8) is 0 Å². The number of imidazole rings is 1. The van der Waals surface area contributed by atoms with Gasteiger partial charge in [-0.2, -0.15) is 5.26 Å². The van der Waals surface area contributed by atoms with E-state index in [1.165, 1.54) is 11.1 Å². The summed E-state index contributed by atoms with van der Waals surface area (Å²) in [7, 11) is 0. The van der Waals surface area contributed by atoms with Crippen LogP contribution in [0, 0.1) is 11.3 Å². The van der Waals surface area contributed by atoms with Gasteiger partial charge in [-0.05, 0) is 31.0 Å². The zero-order chi connectivity index (χ0) is 25.2. The molecule has 1 aromatic carbocycles. The number of aryl methyl sites for hydroxylation is 1. The molecule has 1 unspecified atom stereocenters. The second-order valence-electron chi connectivity index (χ2n) is 7.76. The molecule has 0 aliphatic carbocycles. The number of benzene rings is 1. The summed E-state index contributed by atoms with van der Waals surface area (Å²) in [4.78, 5) is 46.5. The third-order valence-electron chi connectivity index (χ3n) is 4.91. The Balaban J connectivity index is 1.68. The minimum Gasteiger partial charge on any atom is -0.481 e. The van der Waals surface area contributed by atoms with Crippen LogP contribution in [0.3, 0.4) is 0 Å². The highest BCUT2D eigenvalue weighted by atomic mass is 32.1. The number of carbonyl (C=O) groups excluding carboxylic acids is 2. The molecule has 0 fully saturated rings. The van der Waals surface area contributed by atoms with Crippen molar-refractivity contribution in [2.75, 3.05) is 11.4 Å². The van der Waals surface area contributed by atoms with Gasteiger partial charge in [-0.15, -0.1) is 0 Å². The van der Waals surface area contributed by atoms with E-state index in [0.717, 1.165) is 29.9 Å². The van der Waals surface area contributed by atoms with Gasteiger partial charge >= 0.3 is 12.0 Å². The number of rotatable bonds is 11. The highest BCUT2D eigenvalue weighted by Crippen LogP contribution is 2.25. The molecule has 3 rings (SSSR count). The highest BCUT2D eigenvalue weighted by molar-refractivity contribution is 7.17. The smallest absolute Gasteiger partial charge is 0.324 e. The average molecular weight is 496 g/mol. The molecule has 35 heavy (non-hydrogen) atoms. The largest absolute Gasteiger partial charge is 0.481 e. The zero-order valence-corrected chi connectivity index (χ0v) is 19.9. The average Bonchev–Trinajstić information content (AvgIpc) is 3.52. The van der Waals surface area contributed by atoms with Crippen LogP contribution < -0.4 is 15.5 Å². The number of nitrogens with one attached hydrogen (secondary N) is 2. The van der Waals surface area contributed by atoms with Crippen LogP contribution in [0.2, 0.25) is 0 Å². The monoisotopic (exact) mass is 495 g/mol. The van der Waals surface area contributed by atoms with Gasteiger partial charge in [0.25, 0.3) is 5.91 Å². The first-order chi connectivity index (χ1) is 16.9. The number of hydrogen-bond acceptors (Lipinski definition) is 7. The second kappa shape index (κ2) is 12.3. The summed E-state index contributed by atoms with van der Waals surface area (Å²) in [5.74, 6) is -1.32. The fraction of sp³-hybridized carbons (Fsp3) is 0.304. The lowest BCUT2D eigenvalue weighted by molar-refractivity contribution is -0.137. The van der Waals surface area contributed by atoms with Crippen LogP contribution in [-0.2, 0) is 17.9 Å². The number of carboxylic acid groups (broad SMARTS) is 1. The molecule has 0 radical (unpaired) electrons. The van der Waals surface area contributed by atoms with Crippen LogP contribution in [0.15, 0.2) is 49.2 Å². The van der Waals surface area contributed by atoms with Gasteiger partial charge in [0.2, 0.25) is 0 Å². The van der Waals surface area contributed by atoms with Gasteiger partial charge in [-0.25, -0.2) is 14.8 Å². The summed E-state index contributed by atoms with van der Waals surface area (Å²) in [5.41, 5.74) is 1.23. The van der Waals surface area contributed by atoms with Gasteiger partial charge in [0.1, 0.15) is 4.88 Å². The van der Waals surface area contributed by atoms with E-state index in [1.807, 2.05) is 16.8 Å². The Bertz CT molecular complexity index is 1190. The number of thiazole rings is 1. The van der Waals surface area contributed by atoms with Gasteiger partial charge in [0.15, 0.2) is 5.13 Å². The third-order valence-corrected chi connectivity index (χ3v) is 5.92. The number of carboxylic acids is 1. The lowest BCUT2D eigenvalue weighted by Crippen LogP contribution is -2.44. The molecule has 0 saturated heterocycles. The minimum atomic E-state index is -1.03. The zero-order valence-electron chi connectivity index (χ0n) is 19.0. The van der Waals surface area contributed by atoms with Crippen molar-refractivity contribution in [1.29, 1.82) is 5.26 Å². The summed E-state index contributed by atoms with van der Waals surface area (Å²) >= 11 is 1.06. The number of aliphatic carboxylic acids is 1. The van der Waals surface area contributed by atoms with Crippen LogP contribution in [0.5, 0.6) is 0 Å². The summed E-state index contributed by atoms with van der Waals surface area (Å²) in [5, 5.41) is 23.8. The maximum absolute atomic E-state index is 13.0. The molecule has 11 nitrogen and oxygen atoms in total. The SMILES string of the molecule is CC(CC(=O)O)NC(=O)N(Cc1ccc(C#N)cc1)c1ncc(C(=O)NCCCn2ccnc2)s1. The van der Waals surface area contributed by atoms with E-state index in [9.17, 15) is 14.4 Å². The summed E-state index contributed by atoms with van der Waals surface area (Å²) < 4.78 is 1.92. The Kier molecular flexibility index (Phi) is 8.91. The van der Waals surface area contributed by atoms with Crippen molar-refractivity contribution in [2.24, 2.45) is 0 Å². The molecule has 182 valence electrons. The van der Waals surface area contributed by atoms with Crippen molar-refractivity contribution in [1.82, 2.24) is 25.2 Å². The van der Waals surface area contributed by atoms with Gasteiger partial charge < -0.3 is 20.3 Å². The molecular formula is C23H25N7O4S. The van der Waals surface area contributed by atoms with Gasteiger partial charge in [0.05, 0.1) is 37.1 Å². The fourth-order valence-corrected chi connectivity index (χ4v) is 3.99. The highest BCUT2D eigenvalue weighted by Gasteiger charge is 2.23. The number of urea groups is 1. The van der Waals surface area contributed by atoms with E-state index in [-0.39, 0.29) is 24.0 Å². The Hall–Kier alpha value is -4.24. The van der Waals surface area contributed by atoms with E-state index >= 15 is 0 Å². The van der Waals surface area contributed by atoms with E-state index in [1.54, 1.807) is 43.7 Å². The predicted molar refractivity (Wildman–Crippen MR) is 129 cm³/mol. The molecule has 3 N–H and O–H groups in total. The molecule has 2 heterocycles. The second-order valence-corrected chi connectivity index (χ2v) is 8.77. The molecule has 0 aliphatic heterocycles.